The highest BCUT2D eigenvalue weighted by molar-refractivity contribution is 6.03. The molecule has 0 saturated carbocycles. The summed E-state index contributed by atoms with van der Waals surface area (Å²) in [6, 6.07) is 2.97. The lowest BCUT2D eigenvalue weighted by molar-refractivity contribution is 0.0519. The lowest BCUT2D eigenvalue weighted by Crippen LogP contribution is -2.53. The van der Waals surface area contributed by atoms with Crippen LogP contribution in [0.5, 0.6) is 0 Å². The Labute approximate surface area is 169 Å². The Balaban J connectivity index is 1.66. The second-order valence-corrected chi connectivity index (χ2v) is 7.19. The number of aryl methyl sites for hydroxylation is 1. The van der Waals surface area contributed by atoms with Crippen molar-refractivity contribution in [2.45, 2.75) is 33.7 Å². The first kappa shape index (κ1) is 20.9. The first-order chi connectivity index (χ1) is 13.8. The number of furan rings is 1. The van der Waals surface area contributed by atoms with Crippen molar-refractivity contribution >= 4 is 17.7 Å². The van der Waals surface area contributed by atoms with Crippen LogP contribution >= 0.6 is 0 Å². The van der Waals surface area contributed by atoms with E-state index in [1.165, 1.54) is 6.26 Å². The fourth-order valence-corrected chi connectivity index (χ4v) is 3.75. The minimum atomic E-state index is -0.421. The molecule has 3 heterocycles. The second-order valence-electron chi connectivity index (χ2n) is 7.19. The van der Waals surface area contributed by atoms with E-state index in [1.54, 1.807) is 37.8 Å². The fourth-order valence-electron chi connectivity index (χ4n) is 3.75. The van der Waals surface area contributed by atoms with Gasteiger partial charge in [-0.05, 0) is 45.4 Å². The van der Waals surface area contributed by atoms with Crippen molar-refractivity contribution in [1.29, 1.82) is 0 Å². The van der Waals surface area contributed by atoms with E-state index in [0.29, 0.717) is 54.5 Å². The SMILES string of the molecule is CCOC(=O)c1c(C)[nH]c(C(=O)[C@@H](C)N2CCN(C(=O)c3ccco3)CC2)c1C. The number of piperazine rings is 1. The van der Waals surface area contributed by atoms with Crippen LogP contribution in [-0.4, -0.2) is 71.3 Å². The summed E-state index contributed by atoms with van der Waals surface area (Å²) >= 11 is 0. The van der Waals surface area contributed by atoms with Gasteiger partial charge in [-0.2, -0.15) is 0 Å². The first-order valence-electron chi connectivity index (χ1n) is 9.82. The topological polar surface area (TPSA) is 95.9 Å². The molecule has 0 bridgehead atoms. The molecule has 0 radical (unpaired) electrons. The number of ether oxygens (including phenoxy) is 1. The summed E-state index contributed by atoms with van der Waals surface area (Å²) in [5.41, 5.74) is 2.11. The zero-order valence-corrected chi connectivity index (χ0v) is 17.3. The predicted molar refractivity (Wildman–Crippen MR) is 106 cm³/mol. The number of ketones is 1. The van der Waals surface area contributed by atoms with Crippen molar-refractivity contribution in [2.24, 2.45) is 0 Å². The normalized spacial score (nSPS) is 15.9. The van der Waals surface area contributed by atoms with E-state index in [0.717, 1.165) is 0 Å². The van der Waals surface area contributed by atoms with Gasteiger partial charge in [-0.1, -0.05) is 0 Å². The summed E-state index contributed by atoms with van der Waals surface area (Å²) in [7, 11) is 0. The van der Waals surface area contributed by atoms with Gasteiger partial charge in [0, 0.05) is 31.9 Å². The molecular formula is C21H27N3O5. The minimum absolute atomic E-state index is 0.0769. The number of nitrogens with one attached hydrogen (secondary N) is 1. The smallest absolute Gasteiger partial charge is 0.340 e. The third-order valence-electron chi connectivity index (χ3n) is 5.42. The van der Waals surface area contributed by atoms with Gasteiger partial charge in [-0.15, -0.1) is 0 Å². The number of aromatic nitrogens is 1. The maximum absolute atomic E-state index is 13.1. The van der Waals surface area contributed by atoms with Crippen molar-refractivity contribution in [1.82, 2.24) is 14.8 Å². The summed E-state index contributed by atoms with van der Waals surface area (Å²) in [4.78, 5) is 44.5. The Bertz CT molecular complexity index is 892. The molecule has 0 spiro atoms. The zero-order valence-electron chi connectivity index (χ0n) is 17.3. The van der Waals surface area contributed by atoms with E-state index in [4.69, 9.17) is 9.15 Å². The highest BCUT2D eigenvalue weighted by Crippen LogP contribution is 2.22. The number of carbonyl (C=O) groups is 3. The number of rotatable bonds is 6. The van der Waals surface area contributed by atoms with Crippen molar-refractivity contribution in [3.05, 3.63) is 46.7 Å². The molecule has 0 unspecified atom stereocenters. The van der Waals surface area contributed by atoms with Crippen molar-refractivity contribution in [3.63, 3.8) is 0 Å². The van der Waals surface area contributed by atoms with Crippen molar-refractivity contribution in [3.8, 4) is 0 Å². The number of Topliss-reactive ketones (excluding diaryl/α,β-unsaturated/α-hetero) is 1. The molecule has 1 atom stereocenters. The van der Waals surface area contributed by atoms with Crippen molar-refractivity contribution < 1.29 is 23.5 Å². The summed E-state index contributed by atoms with van der Waals surface area (Å²) in [6.07, 6.45) is 1.48. The van der Waals surface area contributed by atoms with Gasteiger partial charge < -0.3 is 19.0 Å². The van der Waals surface area contributed by atoms with Gasteiger partial charge in [-0.25, -0.2) is 4.79 Å². The Morgan fingerprint density at radius 3 is 2.48 bits per heavy atom. The molecule has 0 aromatic carbocycles. The number of carbonyl (C=O) groups excluding carboxylic acids is 3. The molecule has 29 heavy (non-hydrogen) atoms. The monoisotopic (exact) mass is 401 g/mol. The molecule has 1 aliphatic rings. The van der Waals surface area contributed by atoms with Crippen LogP contribution in [0.2, 0.25) is 0 Å². The molecular weight excluding hydrogens is 374 g/mol. The number of H-pyrrole nitrogens is 1. The van der Waals surface area contributed by atoms with Crippen LogP contribution in [0.4, 0.5) is 0 Å². The molecule has 1 amide bonds. The van der Waals surface area contributed by atoms with E-state index in [2.05, 4.69) is 4.98 Å². The maximum atomic E-state index is 13.1. The summed E-state index contributed by atoms with van der Waals surface area (Å²) in [6.45, 7) is 9.62. The number of nitrogens with zero attached hydrogens (tertiary/aromatic N) is 2. The van der Waals surface area contributed by atoms with Gasteiger partial charge in [0.2, 0.25) is 0 Å². The number of esters is 1. The molecule has 1 aliphatic heterocycles. The number of hydrogen-bond donors (Lipinski definition) is 1. The van der Waals surface area contributed by atoms with Crippen LogP contribution in [0.3, 0.4) is 0 Å². The van der Waals surface area contributed by atoms with Gasteiger partial charge in [0.15, 0.2) is 11.5 Å². The van der Waals surface area contributed by atoms with Crippen LogP contribution in [0.1, 0.15) is 56.5 Å². The van der Waals surface area contributed by atoms with Gasteiger partial charge in [0.25, 0.3) is 5.91 Å². The van der Waals surface area contributed by atoms with E-state index >= 15 is 0 Å². The predicted octanol–water partition coefficient (Wildman–Crippen LogP) is 2.43. The average molecular weight is 401 g/mol. The molecule has 0 aliphatic carbocycles. The van der Waals surface area contributed by atoms with Gasteiger partial charge in [-0.3, -0.25) is 14.5 Å². The molecule has 1 fully saturated rings. The van der Waals surface area contributed by atoms with E-state index < -0.39 is 5.97 Å². The number of hydrogen-bond acceptors (Lipinski definition) is 6. The molecule has 8 nitrogen and oxygen atoms in total. The lowest BCUT2D eigenvalue weighted by atomic mass is 10.0. The van der Waals surface area contributed by atoms with E-state index in [-0.39, 0.29) is 24.3 Å². The molecule has 1 saturated heterocycles. The standard InChI is InChI=1S/C21H27N3O5/c1-5-28-21(27)17-13(2)18(22-14(17)3)19(25)15(4)23-8-10-24(11-9-23)20(26)16-7-6-12-29-16/h6-7,12,15,22H,5,8-11H2,1-4H3/t15-/m1/s1. The average Bonchev–Trinajstić information content (AvgIpc) is 3.35. The third-order valence-corrected chi connectivity index (χ3v) is 5.42. The second kappa shape index (κ2) is 8.65. The van der Waals surface area contributed by atoms with E-state index in [9.17, 15) is 14.4 Å². The van der Waals surface area contributed by atoms with Crippen LogP contribution in [0.15, 0.2) is 22.8 Å². The Morgan fingerprint density at radius 2 is 1.90 bits per heavy atom. The molecule has 156 valence electrons. The minimum Gasteiger partial charge on any atom is -0.462 e. The van der Waals surface area contributed by atoms with Crippen LogP contribution in [0.25, 0.3) is 0 Å². The van der Waals surface area contributed by atoms with E-state index in [1.807, 2.05) is 11.8 Å². The number of aromatic amines is 1. The third kappa shape index (κ3) is 4.12. The molecule has 3 rings (SSSR count). The summed E-state index contributed by atoms with van der Waals surface area (Å²) < 4.78 is 10.3. The molecule has 2 aromatic rings. The zero-order chi connectivity index (χ0) is 21.1. The van der Waals surface area contributed by atoms with Gasteiger partial charge >= 0.3 is 5.97 Å². The van der Waals surface area contributed by atoms with Gasteiger partial charge in [0.05, 0.1) is 30.2 Å². The molecule has 8 heteroatoms. The van der Waals surface area contributed by atoms with Crippen molar-refractivity contribution in [2.75, 3.05) is 32.8 Å². The highest BCUT2D eigenvalue weighted by atomic mass is 16.5. The highest BCUT2D eigenvalue weighted by Gasteiger charge is 2.31. The van der Waals surface area contributed by atoms with Crippen LogP contribution in [-0.2, 0) is 4.74 Å². The maximum Gasteiger partial charge on any atom is 0.340 e. The summed E-state index contributed by atoms with van der Waals surface area (Å²) in [5.74, 6) is -0.308. The fraction of sp³-hybridized carbons (Fsp3) is 0.476. The quantitative estimate of drug-likeness (QED) is 0.590. The Hall–Kier alpha value is -2.87. The number of amides is 1. The largest absolute Gasteiger partial charge is 0.462 e. The van der Waals surface area contributed by atoms with Crippen LogP contribution in [0, 0.1) is 13.8 Å². The first-order valence-corrected chi connectivity index (χ1v) is 9.82. The Kier molecular flexibility index (Phi) is 6.22. The Morgan fingerprint density at radius 1 is 1.21 bits per heavy atom. The van der Waals surface area contributed by atoms with Gasteiger partial charge in [0.1, 0.15) is 0 Å². The van der Waals surface area contributed by atoms with Crippen LogP contribution < -0.4 is 0 Å². The molecule has 2 aromatic heterocycles. The summed E-state index contributed by atoms with van der Waals surface area (Å²) in [5, 5.41) is 0. The molecule has 1 N–H and O–H groups in total. The lowest BCUT2D eigenvalue weighted by Gasteiger charge is -2.37.